The second-order valence-corrected chi connectivity index (χ2v) is 12.3. The third kappa shape index (κ3) is 8.45. The van der Waals surface area contributed by atoms with E-state index in [4.69, 9.17) is 36.5 Å². The SMILES string of the molecule is CCC=C(N=C(C)OC)c1ccc(-c2cc3c(n(Cc4cccc(OCCN)c4)c2=O)=NC(NC2CCOCC2)=C(CC)CC=3)c(Cl)c1. The smallest absolute Gasteiger partial charge is 0.260 e. The van der Waals surface area contributed by atoms with Crippen LogP contribution in [-0.4, -0.2) is 50.0 Å². The zero-order valence-electron chi connectivity index (χ0n) is 28.4. The van der Waals surface area contributed by atoms with Crippen LogP contribution in [0.2, 0.25) is 5.02 Å². The molecule has 0 bridgehead atoms. The van der Waals surface area contributed by atoms with Crippen molar-refractivity contribution >= 4 is 29.3 Å². The van der Waals surface area contributed by atoms with Gasteiger partial charge in [0.25, 0.3) is 5.56 Å². The topological polar surface area (TPSA) is 112 Å². The molecule has 0 radical (unpaired) electrons. The first-order chi connectivity index (χ1) is 23.3. The predicted molar refractivity (Wildman–Crippen MR) is 194 cm³/mol. The van der Waals surface area contributed by atoms with Crippen LogP contribution in [0.4, 0.5) is 0 Å². The van der Waals surface area contributed by atoms with Crippen molar-refractivity contribution in [1.82, 2.24) is 9.88 Å². The summed E-state index contributed by atoms with van der Waals surface area (Å²) in [6.45, 7) is 8.56. The molecule has 254 valence electrons. The maximum Gasteiger partial charge on any atom is 0.260 e. The van der Waals surface area contributed by atoms with Crippen molar-refractivity contribution in [3.05, 3.63) is 103 Å². The summed E-state index contributed by atoms with van der Waals surface area (Å²) >= 11 is 6.98. The molecule has 3 N–H and O–H groups in total. The van der Waals surface area contributed by atoms with Crippen LogP contribution >= 0.6 is 11.6 Å². The Morgan fingerprint density at radius 2 is 1.98 bits per heavy atom. The predicted octanol–water partition coefficient (Wildman–Crippen LogP) is 5.56. The number of nitrogens with two attached hydrogens (primary N) is 1. The van der Waals surface area contributed by atoms with Crippen molar-refractivity contribution in [3.63, 3.8) is 0 Å². The minimum absolute atomic E-state index is 0.184. The zero-order valence-corrected chi connectivity index (χ0v) is 29.1. The molecular formula is C38H46ClN5O4. The van der Waals surface area contributed by atoms with Crippen LogP contribution in [0, 0.1) is 0 Å². The Balaban J connectivity index is 1.67. The minimum Gasteiger partial charge on any atom is -0.492 e. The van der Waals surface area contributed by atoms with Gasteiger partial charge in [-0.15, -0.1) is 0 Å². The van der Waals surface area contributed by atoms with Gasteiger partial charge in [0.2, 0.25) is 0 Å². The van der Waals surface area contributed by atoms with Crippen LogP contribution in [0.1, 0.15) is 64.0 Å². The molecular weight excluding hydrogens is 626 g/mol. The number of aliphatic imine (C=N–C) groups is 1. The van der Waals surface area contributed by atoms with E-state index in [-0.39, 0.29) is 11.6 Å². The molecule has 48 heavy (non-hydrogen) atoms. The Labute approximate surface area is 287 Å². The van der Waals surface area contributed by atoms with Gasteiger partial charge in [0.15, 0.2) is 5.90 Å². The molecule has 3 aromatic rings. The molecule has 0 unspecified atom stereocenters. The van der Waals surface area contributed by atoms with Crippen LogP contribution in [0.3, 0.4) is 0 Å². The molecule has 0 saturated carbocycles. The van der Waals surface area contributed by atoms with E-state index in [9.17, 15) is 4.79 Å². The molecule has 10 heteroatoms. The van der Waals surface area contributed by atoms with E-state index >= 15 is 0 Å². The highest BCUT2D eigenvalue weighted by molar-refractivity contribution is 6.33. The number of halogens is 1. The third-order valence-corrected chi connectivity index (χ3v) is 8.86. The Bertz CT molecular complexity index is 1890. The summed E-state index contributed by atoms with van der Waals surface area (Å²) in [7, 11) is 1.59. The third-order valence-electron chi connectivity index (χ3n) is 8.55. The van der Waals surface area contributed by atoms with Crippen LogP contribution in [-0.2, 0) is 16.0 Å². The lowest BCUT2D eigenvalue weighted by Gasteiger charge is -2.25. The van der Waals surface area contributed by atoms with Crippen LogP contribution in [0.15, 0.2) is 80.8 Å². The van der Waals surface area contributed by atoms with Crippen molar-refractivity contribution in [2.24, 2.45) is 15.7 Å². The fourth-order valence-electron chi connectivity index (χ4n) is 5.91. The van der Waals surface area contributed by atoms with Gasteiger partial charge in [0.05, 0.1) is 19.4 Å². The molecule has 0 amide bonds. The average molecular weight is 672 g/mol. The lowest BCUT2D eigenvalue weighted by atomic mass is 10.0. The number of allylic oxidation sites excluding steroid dienone is 2. The maximum absolute atomic E-state index is 14.6. The van der Waals surface area contributed by atoms with E-state index in [0.29, 0.717) is 59.4 Å². The highest BCUT2D eigenvalue weighted by Gasteiger charge is 2.20. The standard InChI is InChI=1S/C38H46ClN5O4/c1-5-8-35(41-25(3)46-4)28-13-14-32(34(39)23-28)33-22-29-12-11-27(6-2)36(42-30-15-18-47-19-16-30)43-37(29)44(38(33)45)24-26-9-7-10-31(21-26)48-20-17-40/h7-10,12-14,21-23,30,42H,5-6,11,15-20,24,40H2,1-4H3. The minimum atomic E-state index is -0.184. The van der Waals surface area contributed by atoms with E-state index in [2.05, 4.69) is 30.2 Å². The van der Waals surface area contributed by atoms with Gasteiger partial charge in [-0.2, -0.15) is 0 Å². The first-order valence-electron chi connectivity index (χ1n) is 16.8. The monoisotopic (exact) mass is 671 g/mol. The fourth-order valence-corrected chi connectivity index (χ4v) is 6.19. The van der Waals surface area contributed by atoms with Gasteiger partial charge < -0.3 is 25.3 Å². The van der Waals surface area contributed by atoms with Crippen molar-refractivity contribution < 1.29 is 14.2 Å². The highest BCUT2D eigenvalue weighted by Crippen LogP contribution is 2.30. The summed E-state index contributed by atoms with van der Waals surface area (Å²) < 4.78 is 18.5. The van der Waals surface area contributed by atoms with Gasteiger partial charge in [-0.25, -0.2) is 9.98 Å². The number of aromatic nitrogens is 1. The first kappa shape index (κ1) is 35.1. The average Bonchev–Trinajstić information content (AvgIpc) is 3.27. The van der Waals surface area contributed by atoms with Crippen molar-refractivity contribution in [3.8, 4) is 16.9 Å². The van der Waals surface area contributed by atoms with Crippen LogP contribution in [0.25, 0.3) is 22.9 Å². The number of fused-ring (bicyclic) bond motifs is 1. The Morgan fingerprint density at radius 1 is 1.17 bits per heavy atom. The Morgan fingerprint density at radius 3 is 2.69 bits per heavy atom. The number of pyridine rings is 1. The van der Waals surface area contributed by atoms with Gasteiger partial charge in [-0.1, -0.05) is 61.9 Å². The number of nitrogens with zero attached hydrogens (tertiary/aromatic N) is 3. The zero-order chi connectivity index (χ0) is 34.0. The number of hydrogen-bond acceptors (Lipinski definition) is 8. The van der Waals surface area contributed by atoms with Crippen LogP contribution < -0.4 is 32.1 Å². The second-order valence-electron chi connectivity index (χ2n) is 11.9. The molecule has 1 aromatic heterocycles. The molecule has 2 aliphatic rings. The molecule has 3 heterocycles. The van der Waals surface area contributed by atoms with Gasteiger partial charge in [0.1, 0.15) is 23.7 Å². The summed E-state index contributed by atoms with van der Waals surface area (Å²) in [4.78, 5) is 24.4. The summed E-state index contributed by atoms with van der Waals surface area (Å²) in [6, 6.07) is 15.7. The van der Waals surface area contributed by atoms with E-state index in [1.165, 1.54) is 5.57 Å². The fraction of sp³-hybridized carbons (Fsp3) is 0.395. The number of hydrogen-bond donors (Lipinski definition) is 2. The summed E-state index contributed by atoms with van der Waals surface area (Å²) in [5, 5.41) is 5.04. The van der Waals surface area contributed by atoms with Gasteiger partial charge in [-0.3, -0.25) is 9.36 Å². The van der Waals surface area contributed by atoms with Gasteiger partial charge >= 0.3 is 0 Å². The van der Waals surface area contributed by atoms with Crippen molar-refractivity contribution in [2.75, 3.05) is 33.5 Å². The molecule has 1 saturated heterocycles. The number of methoxy groups -OCH3 is 1. The number of rotatable bonds is 12. The lowest BCUT2D eigenvalue weighted by Crippen LogP contribution is -2.45. The molecule has 0 atom stereocenters. The van der Waals surface area contributed by atoms with E-state index in [1.54, 1.807) is 11.7 Å². The molecule has 0 aliphatic carbocycles. The normalized spacial score (nSPS) is 15.7. The number of ether oxygens (including phenoxy) is 3. The highest BCUT2D eigenvalue weighted by atomic mass is 35.5. The first-order valence-corrected chi connectivity index (χ1v) is 17.1. The number of nitrogens with one attached hydrogen (secondary N) is 1. The Hall–Kier alpha value is -4.18. The molecule has 1 fully saturated rings. The van der Waals surface area contributed by atoms with E-state index in [1.807, 2.05) is 61.5 Å². The maximum atomic E-state index is 14.6. The van der Waals surface area contributed by atoms with Crippen molar-refractivity contribution in [2.45, 2.75) is 65.5 Å². The molecule has 2 aliphatic heterocycles. The quantitative estimate of drug-likeness (QED) is 0.193. The molecule has 2 aromatic carbocycles. The van der Waals surface area contributed by atoms with Crippen LogP contribution in [0.5, 0.6) is 5.75 Å². The van der Waals surface area contributed by atoms with E-state index < -0.39 is 0 Å². The second kappa shape index (κ2) is 16.8. The number of benzene rings is 2. The van der Waals surface area contributed by atoms with E-state index in [0.717, 1.165) is 66.8 Å². The molecule has 5 rings (SSSR count). The summed E-state index contributed by atoms with van der Waals surface area (Å²) in [6.07, 6.45) is 8.36. The largest absolute Gasteiger partial charge is 0.492 e. The van der Waals surface area contributed by atoms with Crippen molar-refractivity contribution in [1.29, 1.82) is 0 Å². The lowest BCUT2D eigenvalue weighted by molar-refractivity contribution is 0.0802. The summed E-state index contributed by atoms with van der Waals surface area (Å²) in [5.41, 5.74) is 11.0. The molecule has 9 nitrogen and oxygen atoms in total. The van der Waals surface area contributed by atoms with Gasteiger partial charge in [-0.05, 0) is 67.5 Å². The molecule has 0 spiro atoms. The Kier molecular flexibility index (Phi) is 12.3. The van der Waals surface area contributed by atoms with Gasteiger partial charge in [0, 0.05) is 59.7 Å². The summed E-state index contributed by atoms with van der Waals surface area (Å²) in [5.74, 6) is 2.09.